The minimum absolute atomic E-state index is 0.268. The molecule has 1 spiro atoms. The number of thiophene rings is 1. The first-order valence-corrected chi connectivity index (χ1v) is 9.18. The van der Waals surface area contributed by atoms with E-state index < -0.39 is 5.60 Å². The summed E-state index contributed by atoms with van der Waals surface area (Å²) in [5, 5.41) is 14.9. The average molecular weight is 350 g/mol. The van der Waals surface area contributed by atoms with Crippen LogP contribution in [0.15, 0.2) is 36.4 Å². The van der Waals surface area contributed by atoms with E-state index in [0.29, 0.717) is 10.4 Å². The van der Waals surface area contributed by atoms with Crippen LogP contribution in [0.2, 0.25) is 4.34 Å². The van der Waals surface area contributed by atoms with Crippen molar-refractivity contribution in [1.29, 1.82) is 0 Å². The molecular formula is C18H20ClNO2S. The van der Waals surface area contributed by atoms with Crippen molar-refractivity contribution < 1.29 is 9.84 Å². The smallest absolute Gasteiger partial charge is 0.139 e. The van der Waals surface area contributed by atoms with Gasteiger partial charge in [0.25, 0.3) is 0 Å². The van der Waals surface area contributed by atoms with Crippen molar-refractivity contribution in [2.24, 2.45) is 0 Å². The highest BCUT2D eigenvalue weighted by Gasteiger charge is 2.50. The molecule has 2 aliphatic rings. The van der Waals surface area contributed by atoms with Gasteiger partial charge in [-0.15, -0.1) is 11.3 Å². The van der Waals surface area contributed by atoms with Crippen LogP contribution < -0.4 is 5.32 Å². The quantitative estimate of drug-likeness (QED) is 0.826. The molecule has 5 heteroatoms. The lowest BCUT2D eigenvalue weighted by atomic mass is 9.77. The Morgan fingerprint density at radius 2 is 2.13 bits per heavy atom. The molecule has 2 N–H and O–H groups in total. The summed E-state index contributed by atoms with van der Waals surface area (Å²) in [6.45, 7) is 3.36. The number of nitrogens with one attached hydrogen (secondary N) is 1. The van der Waals surface area contributed by atoms with Crippen LogP contribution in [0.3, 0.4) is 0 Å². The van der Waals surface area contributed by atoms with Gasteiger partial charge in [0, 0.05) is 16.5 Å². The number of hydrogen-bond donors (Lipinski definition) is 2. The summed E-state index contributed by atoms with van der Waals surface area (Å²) in [6, 6.07) is 12.0. The molecule has 2 aliphatic heterocycles. The molecule has 2 aromatic rings. The first kappa shape index (κ1) is 15.6. The molecule has 1 fully saturated rings. The van der Waals surface area contributed by atoms with E-state index >= 15 is 0 Å². The molecule has 122 valence electrons. The van der Waals surface area contributed by atoms with Gasteiger partial charge in [0.05, 0.1) is 10.9 Å². The van der Waals surface area contributed by atoms with Gasteiger partial charge in [-0.2, -0.15) is 0 Å². The molecule has 3 nitrogen and oxygen atoms in total. The molecule has 3 heterocycles. The van der Waals surface area contributed by atoms with E-state index in [9.17, 15) is 5.11 Å². The number of piperidine rings is 1. The van der Waals surface area contributed by atoms with Crippen molar-refractivity contribution in [1.82, 2.24) is 5.32 Å². The second-order valence-corrected chi connectivity index (χ2v) is 8.30. The molecule has 0 saturated carbocycles. The summed E-state index contributed by atoms with van der Waals surface area (Å²) in [6.07, 6.45) is 1.81. The van der Waals surface area contributed by atoms with Gasteiger partial charge in [-0.05, 0) is 37.9 Å². The highest BCUT2D eigenvalue weighted by Crippen LogP contribution is 2.52. The Morgan fingerprint density at radius 3 is 2.87 bits per heavy atom. The maximum atomic E-state index is 11.4. The van der Waals surface area contributed by atoms with E-state index in [4.69, 9.17) is 16.3 Å². The molecule has 3 unspecified atom stereocenters. The van der Waals surface area contributed by atoms with E-state index in [1.807, 2.05) is 36.4 Å². The van der Waals surface area contributed by atoms with Gasteiger partial charge in [0.15, 0.2) is 0 Å². The van der Waals surface area contributed by atoms with Crippen molar-refractivity contribution in [3.05, 3.63) is 56.7 Å². The van der Waals surface area contributed by atoms with Gasteiger partial charge < -0.3 is 15.2 Å². The lowest BCUT2D eigenvalue weighted by molar-refractivity contribution is -0.146. The molecule has 1 aromatic carbocycles. The van der Waals surface area contributed by atoms with E-state index in [0.717, 1.165) is 35.4 Å². The molecule has 1 aromatic heterocycles. The normalized spacial score (nSPS) is 33.6. The van der Waals surface area contributed by atoms with Crippen molar-refractivity contribution in [2.75, 3.05) is 13.2 Å². The van der Waals surface area contributed by atoms with Crippen LogP contribution in [-0.4, -0.2) is 24.3 Å². The zero-order valence-corrected chi connectivity index (χ0v) is 14.6. The first-order chi connectivity index (χ1) is 11.0. The van der Waals surface area contributed by atoms with E-state index in [2.05, 4.69) is 12.2 Å². The lowest BCUT2D eigenvalue weighted by Gasteiger charge is -2.47. The third-order valence-electron chi connectivity index (χ3n) is 5.03. The standard InChI is InChI=1S/C18H20ClNO2S/c1-12-10-17(7-8-20-12)16-14(9-15(19)23-16)18(21,11-22-17)13-5-3-2-4-6-13/h2-6,9,12,20-21H,7-8,10-11H2,1H3. The van der Waals surface area contributed by atoms with Gasteiger partial charge in [0.1, 0.15) is 11.2 Å². The SMILES string of the molecule is CC1CC2(CCN1)OCC(O)(c1ccccc1)c1cc(Cl)sc12. The minimum atomic E-state index is -1.13. The number of fused-ring (bicyclic) bond motifs is 2. The fraction of sp³-hybridized carbons (Fsp3) is 0.444. The topological polar surface area (TPSA) is 41.5 Å². The molecule has 0 radical (unpaired) electrons. The maximum Gasteiger partial charge on any atom is 0.139 e. The van der Waals surface area contributed by atoms with Gasteiger partial charge in [-0.25, -0.2) is 0 Å². The monoisotopic (exact) mass is 349 g/mol. The minimum Gasteiger partial charge on any atom is -0.378 e. The Labute approximate surface area is 145 Å². The molecule has 23 heavy (non-hydrogen) atoms. The molecule has 4 rings (SSSR count). The number of hydrogen-bond acceptors (Lipinski definition) is 4. The number of benzene rings is 1. The number of rotatable bonds is 1. The fourth-order valence-corrected chi connectivity index (χ4v) is 5.35. The van der Waals surface area contributed by atoms with Gasteiger partial charge in [-0.3, -0.25) is 0 Å². The maximum absolute atomic E-state index is 11.4. The van der Waals surface area contributed by atoms with Crippen molar-refractivity contribution in [3.63, 3.8) is 0 Å². The van der Waals surface area contributed by atoms with Crippen LogP contribution in [0.1, 0.15) is 35.8 Å². The largest absolute Gasteiger partial charge is 0.378 e. The summed E-state index contributed by atoms with van der Waals surface area (Å²) in [5.41, 5.74) is 0.324. The molecule has 0 aliphatic carbocycles. The predicted molar refractivity (Wildman–Crippen MR) is 93.1 cm³/mol. The third-order valence-corrected chi connectivity index (χ3v) is 6.48. The molecule has 1 saturated heterocycles. The third kappa shape index (κ3) is 2.44. The van der Waals surface area contributed by atoms with Crippen LogP contribution in [-0.2, 0) is 15.9 Å². The summed E-state index contributed by atoms with van der Waals surface area (Å²) in [4.78, 5) is 1.09. The highest BCUT2D eigenvalue weighted by atomic mass is 35.5. The second kappa shape index (κ2) is 5.57. The van der Waals surface area contributed by atoms with E-state index in [1.165, 1.54) is 0 Å². The van der Waals surface area contributed by atoms with E-state index in [1.54, 1.807) is 11.3 Å². The lowest BCUT2D eigenvalue weighted by Crippen LogP contribution is -2.52. The second-order valence-electron chi connectivity index (χ2n) is 6.61. The van der Waals surface area contributed by atoms with Gasteiger partial charge >= 0.3 is 0 Å². The van der Waals surface area contributed by atoms with Crippen molar-refractivity contribution in [3.8, 4) is 0 Å². The summed E-state index contributed by atoms with van der Waals surface area (Å²) < 4.78 is 7.06. The number of halogens is 1. The number of ether oxygens (including phenoxy) is 1. The van der Waals surface area contributed by atoms with Crippen LogP contribution in [0, 0.1) is 0 Å². The highest BCUT2D eigenvalue weighted by molar-refractivity contribution is 7.16. The molecule has 3 atom stereocenters. The van der Waals surface area contributed by atoms with Crippen LogP contribution in [0.5, 0.6) is 0 Å². The summed E-state index contributed by atoms with van der Waals surface area (Å²) in [5.74, 6) is 0. The Bertz CT molecular complexity index is 719. The summed E-state index contributed by atoms with van der Waals surface area (Å²) in [7, 11) is 0. The molecule has 0 bridgehead atoms. The molecular weight excluding hydrogens is 330 g/mol. The average Bonchev–Trinajstić information content (AvgIpc) is 2.96. The predicted octanol–water partition coefficient (Wildman–Crippen LogP) is 3.63. The Kier molecular flexibility index (Phi) is 3.78. The van der Waals surface area contributed by atoms with Crippen molar-refractivity contribution in [2.45, 2.75) is 37.0 Å². The number of aliphatic hydroxyl groups is 1. The van der Waals surface area contributed by atoms with Gasteiger partial charge in [-0.1, -0.05) is 41.9 Å². The van der Waals surface area contributed by atoms with E-state index in [-0.39, 0.29) is 12.2 Å². The Morgan fingerprint density at radius 1 is 1.35 bits per heavy atom. The first-order valence-electron chi connectivity index (χ1n) is 7.99. The van der Waals surface area contributed by atoms with Crippen molar-refractivity contribution >= 4 is 22.9 Å². The van der Waals surface area contributed by atoms with Crippen LogP contribution >= 0.6 is 22.9 Å². The van der Waals surface area contributed by atoms with Gasteiger partial charge in [0.2, 0.25) is 0 Å². The van der Waals surface area contributed by atoms with Crippen LogP contribution in [0.4, 0.5) is 0 Å². The summed E-state index contributed by atoms with van der Waals surface area (Å²) >= 11 is 7.89. The zero-order valence-electron chi connectivity index (χ0n) is 13.0. The zero-order chi connectivity index (χ0) is 16.1. The Balaban J connectivity index is 1.85. The van der Waals surface area contributed by atoms with Crippen LogP contribution in [0.25, 0.3) is 0 Å². The molecule has 0 amide bonds. The fourth-order valence-electron chi connectivity index (χ4n) is 3.87. The Hall–Kier alpha value is -0.910.